The quantitative estimate of drug-likeness (QED) is 0.293. The molecule has 196 valence electrons. The highest BCUT2D eigenvalue weighted by atomic mass is 19.1. The van der Waals surface area contributed by atoms with Crippen molar-refractivity contribution < 1.29 is 13.9 Å². The lowest BCUT2D eigenvalue weighted by Crippen LogP contribution is -2.38. The molecule has 0 bridgehead atoms. The summed E-state index contributed by atoms with van der Waals surface area (Å²) in [6.45, 7) is 3.14. The molecule has 2 fully saturated rings. The van der Waals surface area contributed by atoms with Crippen molar-refractivity contribution >= 4 is 22.6 Å². The van der Waals surface area contributed by atoms with Gasteiger partial charge in [-0.1, -0.05) is 30.3 Å². The number of fused-ring (bicyclic) bond motifs is 2. The number of pyridine rings is 1. The number of para-hydroxylation sites is 1. The molecule has 5 aromatic rings. The zero-order valence-electron chi connectivity index (χ0n) is 21.7. The van der Waals surface area contributed by atoms with E-state index in [2.05, 4.69) is 34.2 Å². The fraction of sp³-hybridized carbons (Fsp3) is 0.290. The third-order valence-corrected chi connectivity index (χ3v) is 8.09. The van der Waals surface area contributed by atoms with Gasteiger partial charge < -0.3 is 9.64 Å². The third kappa shape index (κ3) is 4.02. The lowest BCUT2D eigenvalue weighted by molar-refractivity contribution is -0.136. The van der Waals surface area contributed by atoms with Crippen molar-refractivity contribution in [2.75, 3.05) is 13.1 Å². The van der Waals surface area contributed by atoms with Crippen LogP contribution in [-0.4, -0.2) is 49.4 Å². The first-order valence-electron chi connectivity index (χ1n) is 13.5. The molecule has 1 amide bonds. The van der Waals surface area contributed by atoms with Crippen molar-refractivity contribution in [3.63, 3.8) is 0 Å². The Morgan fingerprint density at radius 3 is 2.59 bits per heavy atom. The molecule has 3 aromatic heterocycles. The number of halogens is 1. The van der Waals surface area contributed by atoms with E-state index >= 15 is 4.39 Å². The Labute approximate surface area is 225 Å². The smallest absolute Gasteiger partial charge is 0.263 e. The number of carbonyl (C=O) groups is 1. The summed E-state index contributed by atoms with van der Waals surface area (Å²) in [6.07, 6.45) is 10.7. The first kappa shape index (κ1) is 23.8. The number of hydrogen-bond acceptors (Lipinski definition) is 5. The minimum Gasteiger partial charge on any atom is -0.478 e. The first-order valence-corrected chi connectivity index (χ1v) is 13.5. The van der Waals surface area contributed by atoms with E-state index in [-0.39, 0.29) is 17.1 Å². The van der Waals surface area contributed by atoms with Gasteiger partial charge in [-0.15, -0.1) is 0 Å². The van der Waals surface area contributed by atoms with Crippen LogP contribution in [0.2, 0.25) is 0 Å². The molecule has 2 aromatic carbocycles. The molecule has 7 nitrogen and oxygen atoms in total. The number of ether oxygens (including phenoxy) is 1. The highest BCUT2D eigenvalue weighted by molar-refractivity contribution is 5.84. The van der Waals surface area contributed by atoms with Crippen LogP contribution < -0.4 is 4.74 Å². The standard InChI is InChI=1S/C31H28FN5O2/c1-20(29(38)36-14-2-3-15-36)39-26-10-9-22(16-25(26)32)23-17-34-30-35-18-27(37(30)19-23)31(11-12-31)24-8-4-6-21-7-5-13-33-28(21)24/h4-10,13,16-20H,2-3,11-12,14-15H2,1H3. The first-order chi connectivity index (χ1) is 19.0. The fourth-order valence-corrected chi connectivity index (χ4v) is 5.87. The highest BCUT2D eigenvalue weighted by Crippen LogP contribution is 2.54. The monoisotopic (exact) mass is 521 g/mol. The Morgan fingerprint density at radius 2 is 1.79 bits per heavy atom. The van der Waals surface area contributed by atoms with Crippen molar-refractivity contribution in [3.05, 3.63) is 90.4 Å². The summed E-state index contributed by atoms with van der Waals surface area (Å²) in [5, 5.41) is 1.11. The Hall–Kier alpha value is -4.33. The van der Waals surface area contributed by atoms with Gasteiger partial charge in [-0.3, -0.25) is 14.2 Å². The van der Waals surface area contributed by atoms with Gasteiger partial charge in [0.15, 0.2) is 17.7 Å². The van der Waals surface area contributed by atoms with Crippen LogP contribution in [-0.2, 0) is 10.2 Å². The van der Waals surface area contributed by atoms with Crippen LogP contribution in [0.4, 0.5) is 4.39 Å². The number of imidazole rings is 1. The van der Waals surface area contributed by atoms with Crippen LogP contribution in [0.5, 0.6) is 5.75 Å². The van der Waals surface area contributed by atoms with Crippen LogP contribution in [0.25, 0.3) is 27.8 Å². The average molecular weight is 522 g/mol. The van der Waals surface area contributed by atoms with Crippen LogP contribution in [0.3, 0.4) is 0 Å². The molecule has 0 N–H and O–H groups in total. The van der Waals surface area contributed by atoms with Crippen molar-refractivity contribution in [2.24, 2.45) is 0 Å². The van der Waals surface area contributed by atoms with Crippen LogP contribution in [0.15, 0.2) is 73.3 Å². The van der Waals surface area contributed by atoms with Crippen LogP contribution >= 0.6 is 0 Å². The number of amides is 1. The lowest BCUT2D eigenvalue weighted by atomic mass is 9.90. The van der Waals surface area contributed by atoms with Gasteiger partial charge in [0.25, 0.3) is 5.91 Å². The third-order valence-electron chi connectivity index (χ3n) is 8.09. The molecule has 1 atom stereocenters. The van der Waals surface area contributed by atoms with E-state index in [1.807, 2.05) is 29.1 Å². The molecule has 1 aliphatic carbocycles. The van der Waals surface area contributed by atoms with Gasteiger partial charge in [0.2, 0.25) is 5.78 Å². The molecule has 1 saturated heterocycles. The van der Waals surface area contributed by atoms with Crippen molar-refractivity contribution in [2.45, 2.75) is 44.1 Å². The second-order valence-corrected chi connectivity index (χ2v) is 10.6. The summed E-state index contributed by atoms with van der Waals surface area (Å²) < 4.78 is 22.9. The van der Waals surface area contributed by atoms with Gasteiger partial charge in [0.1, 0.15) is 0 Å². The fourth-order valence-electron chi connectivity index (χ4n) is 5.87. The average Bonchev–Trinajstić information content (AvgIpc) is 3.36. The highest BCUT2D eigenvalue weighted by Gasteiger charge is 2.49. The molecule has 1 aliphatic heterocycles. The Balaban J connectivity index is 1.20. The van der Waals surface area contributed by atoms with Crippen molar-refractivity contribution in [1.82, 2.24) is 24.3 Å². The second-order valence-electron chi connectivity index (χ2n) is 10.6. The summed E-state index contributed by atoms with van der Waals surface area (Å²) >= 11 is 0. The lowest BCUT2D eigenvalue weighted by Gasteiger charge is -2.21. The van der Waals surface area contributed by atoms with Gasteiger partial charge in [0, 0.05) is 48.0 Å². The Kier molecular flexibility index (Phi) is 5.58. The number of rotatable bonds is 6. The second kappa shape index (κ2) is 9.15. The van der Waals surface area contributed by atoms with Crippen molar-refractivity contribution in [1.29, 1.82) is 0 Å². The predicted molar refractivity (Wildman–Crippen MR) is 146 cm³/mol. The maximum Gasteiger partial charge on any atom is 0.263 e. The molecule has 1 unspecified atom stereocenters. The van der Waals surface area contributed by atoms with E-state index in [1.54, 1.807) is 30.2 Å². The zero-order chi connectivity index (χ0) is 26.6. The summed E-state index contributed by atoms with van der Waals surface area (Å²) in [6, 6.07) is 15.2. The number of hydrogen-bond donors (Lipinski definition) is 0. The molecule has 0 radical (unpaired) electrons. The molecule has 7 rings (SSSR count). The van der Waals surface area contributed by atoms with Gasteiger partial charge >= 0.3 is 0 Å². The molecule has 8 heteroatoms. The number of benzene rings is 2. The molecule has 39 heavy (non-hydrogen) atoms. The molecular formula is C31H28FN5O2. The number of likely N-dealkylation sites (tertiary alicyclic amines) is 1. The van der Waals surface area contributed by atoms with E-state index in [4.69, 9.17) is 9.72 Å². The molecule has 2 aliphatic rings. The summed E-state index contributed by atoms with van der Waals surface area (Å²) in [4.78, 5) is 28.2. The van der Waals surface area contributed by atoms with Gasteiger partial charge in [-0.2, -0.15) is 0 Å². The minimum absolute atomic E-state index is 0.0662. The van der Waals surface area contributed by atoms with Gasteiger partial charge in [0.05, 0.1) is 17.4 Å². The SMILES string of the molecule is CC(Oc1ccc(-c2cnc3ncc(C4(c5cccc6cccnc56)CC4)n3c2)cc1F)C(=O)N1CCCC1. The van der Waals surface area contributed by atoms with Gasteiger partial charge in [-0.25, -0.2) is 14.4 Å². The Bertz CT molecular complexity index is 1720. The zero-order valence-corrected chi connectivity index (χ0v) is 21.7. The minimum atomic E-state index is -0.742. The molecule has 1 saturated carbocycles. The van der Waals surface area contributed by atoms with E-state index in [0.29, 0.717) is 11.3 Å². The maximum absolute atomic E-state index is 15.1. The maximum atomic E-state index is 15.1. The summed E-state index contributed by atoms with van der Waals surface area (Å²) in [7, 11) is 0. The largest absolute Gasteiger partial charge is 0.478 e. The van der Waals surface area contributed by atoms with Crippen molar-refractivity contribution in [3.8, 4) is 16.9 Å². The topological polar surface area (TPSA) is 72.6 Å². The molecular weight excluding hydrogens is 493 g/mol. The van der Waals surface area contributed by atoms with E-state index in [1.165, 1.54) is 11.6 Å². The summed E-state index contributed by atoms with van der Waals surface area (Å²) in [5.41, 5.74) is 4.50. The van der Waals surface area contributed by atoms with Crippen LogP contribution in [0, 0.1) is 5.82 Å². The molecule has 4 heterocycles. The number of aromatic nitrogens is 4. The van der Waals surface area contributed by atoms with Crippen LogP contribution in [0.1, 0.15) is 43.9 Å². The Morgan fingerprint density at radius 1 is 1.00 bits per heavy atom. The number of carbonyl (C=O) groups excluding carboxylic acids is 1. The summed E-state index contributed by atoms with van der Waals surface area (Å²) in [5.74, 6) is 0.0492. The molecule has 0 spiro atoms. The predicted octanol–water partition coefficient (Wildman–Crippen LogP) is 5.55. The van der Waals surface area contributed by atoms with Gasteiger partial charge in [-0.05, 0) is 61.9 Å². The van der Waals surface area contributed by atoms with E-state index in [0.717, 1.165) is 60.9 Å². The normalized spacial score (nSPS) is 17.0. The number of nitrogens with zero attached hydrogens (tertiary/aromatic N) is 5. The van der Waals surface area contributed by atoms with E-state index in [9.17, 15) is 4.79 Å². The van der Waals surface area contributed by atoms with E-state index < -0.39 is 11.9 Å².